The van der Waals surface area contributed by atoms with E-state index in [1.807, 2.05) is 18.2 Å². The Labute approximate surface area is 119 Å². The number of ether oxygens (including phenoxy) is 1. The summed E-state index contributed by atoms with van der Waals surface area (Å²) in [6.07, 6.45) is 7.24. The summed E-state index contributed by atoms with van der Waals surface area (Å²) in [7, 11) is 2.20. The lowest BCUT2D eigenvalue weighted by molar-refractivity contribution is 0.235. The van der Waals surface area contributed by atoms with Gasteiger partial charge in [-0.25, -0.2) is 0 Å². The number of benzene rings is 1. The van der Waals surface area contributed by atoms with Crippen molar-refractivity contribution in [3.05, 3.63) is 30.6 Å². The lowest BCUT2D eigenvalue weighted by Gasteiger charge is -2.19. The van der Waals surface area contributed by atoms with Gasteiger partial charge in [0.25, 0.3) is 0 Å². The molecule has 0 bridgehead atoms. The number of nitrogens with two attached hydrogens (primary N) is 1. The van der Waals surface area contributed by atoms with E-state index in [4.69, 9.17) is 10.5 Å². The second-order valence-electron chi connectivity index (χ2n) is 5.49. The van der Waals surface area contributed by atoms with Crippen LogP contribution in [0.5, 0.6) is 5.75 Å². The number of hydrogen-bond donors (Lipinski definition) is 1. The summed E-state index contributed by atoms with van der Waals surface area (Å²) in [6, 6.07) is 6.47. The normalized spacial score (nSPS) is 19.6. The lowest BCUT2D eigenvalue weighted by Crippen LogP contribution is -2.26. The molecular weight excluding hydrogens is 250 g/mol. The van der Waals surface area contributed by atoms with Crippen LogP contribution in [0.1, 0.15) is 19.3 Å². The first-order valence-corrected chi connectivity index (χ1v) is 7.21. The van der Waals surface area contributed by atoms with Gasteiger partial charge in [0.2, 0.25) is 0 Å². The number of aromatic nitrogens is 1. The molecule has 2 heterocycles. The molecule has 1 fully saturated rings. The average molecular weight is 271 g/mol. The molecule has 1 aromatic carbocycles. The van der Waals surface area contributed by atoms with E-state index in [9.17, 15) is 0 Å². The molecule has 0 spiro atoms. The Morgan fingerprint density at radius 3 is 3.05 bits per heavy atom. The number of hydrogen-bond acceptors (Lipinski definition) is 4. The van der Waals surface area contributed by atoms with Crippen LogP contribution < -0.4 is 10.5 Å². The molecule has 0 saturated carbocycles. The number of anilines is 1. The molecule has 4 nitrogen and oxygen atoms in total. The van der Waals surface area contributed by atoms with Crippen molar-refractivity contribution in [1.29, 1.82) is 0 Å². The zero-order chi connectivity index (χ0) is 13.9. The highest BCUT2D eigenvalue weighted by molar-refractivity contribution is 5.96. The number of fused-ring (bicyclic) bond motifs is 1. The van der Waals surface area contributed by atoms with Crippen LogP contribution in [0.4, 0.5) is 5.69 Å². The van der Waals surface area contributed by atoms with Crippen molar-refractivity contribution in [2.45, 2.75) is 25.3 Å². The maximum Gasteiger partial charge on any atom is 0.127 e. The van der Waals surface area contributed by atoms with Crippen molar-refractivity contribution in [3.8, 4) is 5.75 Å². The van der Waals surface area contributed by atoms with Gasteiger partial charge in [0.05, 0.1) is 6.61 Å². The molecule has 2 N–H and O–H groups in total. The zero-order valence-electron chi connectivity index (χ0n) is 11.9. The van der Waals surface area contributed by atoms with Gasteiger partial charge in [-0.1, -0.05) is 0 Å². The molecule has 0 amide bonds. The van der Waals surface area contributed by atoms with Gasteiger partial charge in [-0.3, -0.25) is 4.98 Å². The third-order valence-electron chi connectivity index (χ3n) is 4.19. The topological polar surface area (TPSA) is 51.4 Å². The van der Waals surface area contributed by atoms with Crippen LogP contribution in [0, 0.1) is 0 Å². The standard InChI is InChI=1S/C16H21N3O/c1-19-9-2-3-12(19)7-10-20-16-5-4-15(17)14-11-18-8-6-13(14)16/h4-6,8,11-12H,2-3,7,9-10,17H2,1H3. The molecule has 0 radical (unpaired) electrons. The average Bonchev–Trinajstić information content (AvgIpc) is 2.87. The number of nitrogen functional groups attached to an aromatic ring is 1. The molecule has 1 atom stereocenters. The highest BCUT2D eigenvalue weighted by atomic mass is 16.5. The first-order chi connectivity index (χ1) is 9.75. The van der Waals surface area contributed by atoms with Crippen LogP contribution in [-0.2, 0) is 0 Å². The third-order valence-corrected chi connectivity index (χ3v) is 4.19. The molecule has 4 heteroatoms. The highest BCUT2D eigenvalue weighted by Crippen LogP contribution is 2.29. The Hall–Kier alpha value is -1.81. The van der Waals surface area contributed by atoms with Crippen molar-refractivity contribution >= 4 is 16.5 Å². The van der Waals surface area contributed by atoms with Crippen molar-refractivity contribution < 1.29 is 4.74 Å². The monoisotopic (exact) mass is 271 g/mol. The number of rotatable bonds is 4. The molecule has 1 aromatic heterocycles. The second-order valence-corrected chi connectivity index (χ2v) is 5.49. The molecule has 1 saturated heterocycles. The van der Waals surface area contributed by atoms with Gasteiger partial charge in [0.15, 0.2) is 0 Å². The van der Waals surface area contributed by atoms with Gasteiger partial charge in [0.1, 0.15) is 5.75 Å². The first kappa shape index (κ1) is 13.2. The SMILES string of the molecule is CN1CCCC1CCOc1ccc(N)c2cnccc12. The summed E-state index contributed by atoms with van der Waals surface area (Å²) in [4.78, 5) is 6.55. The fourth-order valence-corrected chi connectivity index (χ4v) is 2.96. The largest absolute Gasteiger partial charge is 0.493 e. The summed E-state index contributed by atoms with van der Waals surface area (Å²) >= 11 is 0. The van der Waals surface area contributed by atoms with E-state index in [0.29, 0.717) is 6.04 Å². The van der Waals surface area contributed by atoms with E-state index in [-0.39, 0.29) is 0 Å². The van der Waals surface area contributed by atoms with Crippen LogP contribution in [-0.4, -0.2) is 36.1 Å². The first-order valence-electron chi connectivity index (χ1n) is 7.21. The molecule has 0 aliphatic carbocycles. The molecule has 2 aromatic rings. The molecule has 20 heavy (non-hydrogen) atoms. The van der Waals surface area contributed by atoms with Gasteiger partial charge >= 0.3 is 0 Å². The minimum absolute atomic E-state index is 0.664. The van der Waals surface area contributed by atoms with Gasteiger partial charge in [-0.2, -0.15) is 0 Å². The molecule has 1 unspecified atom stereocenters. The fraction of sp³-hybridized carbons (Fsp3) is 0.438. The number of nitrogens with zero attached hydrogens (tertiary/aromatic N) is 2. The van der Waals surface area contributed by atoms with E-state index < -0.39 is 0 Å². The summed E-state index contributed by atoms with van der Waals surface area (Å²) in [5.74, 6) is 0.900. The predicted octanol–water partition coefficient (Wildman–Crippen LogP) is 2.68. The Balaban J connectivity index is 1.70. The minimum Gasteiger partial charge on any atom is -0.493 e. The third kappa shape index (κ3) is 2.56. The van der Waals surface area contributed by atoms with Crippen LogP contribution >= 0.6 is 0 Å². The molecule has 106 valence electrons. The Morgan fingerprint density at radius 1 is 1.35 bits per heavy atom. The number of likely N-dealkylation sites (tertiary alicyclic amines) is 1. The van der Waals surface area contributed by atoms with Gasteiger partial charge in [0, 0.05) is 34.9 Å². The second kappa shape index (κ2) is 5.67. The minimum atomic E-state index is 0.664. The number of pyridine rings is 1. The maximum absolute atomic E-state index is 5.97. The lowest BCUT2D eigenvalue weighted by atomic mass is 10.1. The summed E-state index contributed by atoms with van der Waals surface area (Å²) in [6.45, 7) is 1.96. The fourth-order valence-electron chi connectivity index (χ4n) is 2.96. The molecular formula is C16H21N3O. The van der Waals surface area contributed by atoms with Gasteiger partial charge in [-0.15, -0.1) is 0 Å². The van der Waals surface area contributed by atoms with Crippen molar-refractivity contribution in [3.63, 3.8) is 0 Å². The van der Waals surface area contributed by atoms with Gasteiger partial charge < -0.3 is 15.4 Å². The van der Waals surface area contributed by atoms with E-state index in [1.54, 1.807) is 12.4 Å². The Kier molecular flexibility index (Phi) is 3.74. The predicted molar refractivity (Wildman–Crippen MR) is 81.9 cm³/mol. The molecule has 3 rings (SSSR count). The Morgan fingerprint density at radius 2 is 2.25 bits per heavy atom. The summed E-state index contributed by atoms with van der Waals surface area (Å²) in [5, 5.41) is 2.00. The van der Waals surface area contributed by atoms with Crippen molar-refractivity contribution in [2.75, 3.05) is 25.9 Å². The quantitative estimate of drug-likeness (QED) is 0.869. The van der Waals surface area contributed by atoms with Crippen LogP contribution in [0.2, 0.25) is 0 Å². The molecule has 1 aliphatic heterocycles. The summed E-state index contributed by atoms with van der Waals surface area (Å²) < 4.78 is 5.97. The van der Waals surface area contributed by atoms with E-state index in [2.05, 4.69) is 16.9 Å². The molecule has 1 aliphatic rings. The van der Waals surface area contributed by atoms with E-state index in [1.165, 1.54) is 19.4 Å². The highest BCUT2D eigenvalue weighted by Gasteiger charge is 2.20. The smallest absolute Gasteiger partial charge is 0.127 e. The van der Waals surface area contributed by atoms with Crippen molar-refractivity contribution in [2.24, 2.45) is 0 Å². The zero-order valence-corrected chi connectivity index (χ0v) is 11.9. The van der Waals surface area contributed by atoms with Crippen LogP contribution in [0.25, 0.3) is 10.8 Å². The van der Waals surface area contributed by atoms with E-state index in [0.717, 1.165) is 35.2 Å². The maximum atomic E-state index is 5.97. The van der Waals surface area contributed by atoms with Gasteiger partial charge in [-0.05, 0) is 51.1 Å². The van der Waals surface area contributed by atoms with Crippen molar-refractivity contribution in [1.82, 2.24) is 9.88 Å². The summed E-state index contributed by atoms with van der Waals surface area (Å²) in [5.41, 5.74) is 6.72. The van der Waals surface area contributed by atoms with E-state index >= 15 is 0 Å². The van der Waals surface area contributed by atoms with Crippen LogP contribution in [0.15, 0.2) is 30.6 Å². The Bertz CT molecular complexity index is 599. The van der Waals surface area contributed by atoms with Crippen LogP contribution in [0.3, 0.4) is 0 Å².